The van der Waals surface area contributed by atoms with Gasteiger partial charge in [0.25, 0.3) is 0 Å². The summed E-state index contributed by atoms with van der Waals surface area (Å²) >= 11 is 13.9. The standard InChI is InChI=1S/C15H15ClFN3O3S2.C8H14ClN5.C5H12NO4P/c1-23-13(21)8-24-12-7-11(10(17)6-9(12)16)18-14-19-4-2-3-5-20(19)15(22)25-14;1-4-10-7-12-6(9)13-8(14-7)11-5(2)3;1-11(9,10)3-2-4(6)5(7)8/h6-7H,2-5,8H2,1H3;5H,4H2,1-3H3,(H2,10,11,12,13,14);4H,2-3,6H2,1H3,(H,7,8)(H,9,10). The predicted octanol–water partition coefficient (Wildman–Crippen LogP) is 4.26. The van der Waals surface area contributed by atoms with Gasteiger partial charge in [0, 0.05) is 43.4 Å². The minimum Gasteiger partial charge on any atom is -0.480 e. The third-order valence-electron chi connectivity index (χ3n) is 6.22. The molecule has 16 nitrogen and oxygen atoms in total. The molecular weight excluding hydrogens is 759 g/mol. The number of hydrogen-bond acceptors (Lipinski definition) is 14. The van der Waals surface area contributed by atoms with E-state index in [0.29, 0.717) is 34.7 Å². The summed E-state index contributed by atoms with van der Waals surface area (Å²) < 4.78 is 32.9. The van der Waals surface area contributed by atoms with Crippen molar-refractivity contribution in [2.75, 3.05) is 42.9 Å². The summed E-state index contributed by atoms with van der Waals surface area (Å²) in [6, 6.07) is 1.88. The molecule has 6 N–H and O–H groups in total. The summed E-state index contributed by atoms with van der Waals surface area (Å²) in [5, 5.41) is 14.7. The number of nitrogens with two attached hydrogens (primary N) is 1. The summed E-state index contributed by atoms with van der Waals surface area (Å²) in [7, 11) is -1.81. The minimum atomic E-state index is -3.10. The fourth-order valence-corrected chi connectivity index (χ4v) is 6.75. The van der Waals surface area contributed by atoms with Crippen LogP contribution in [0.2, 0.25) is 10.3 Å². The molecule has 2 aromatic heterocycles. The number of thioether (sulfide) groups is 1. The van der Waals surface area contributed by atoms with Crippen molar-refractivity contribution in [1.82, 2.24) is 24.3 Å². The van der Waals surface area contributed by atoms with E-state index in [-0.39, 0.29) is 45.2 Å². The van der Waals surface area contributed by atoms with Crippen LogP contribution in [-0.4, -0.2) is 90.6 Å². The fourth-order valence-electron chi connectivity index (χ4n) is 3.84. The molecule has 0 radical (unpaired) electrons. The number of carboxylic acids is 1. The van der Waals surface area contributed by atoms with E-state index in [2.05, 4.69) is 35.3 Å². The molecule has 4 rings (SSSR count). The molecule has 0 aliphatic carbocycles. The average Bonchev–Trinajstić information content (AvgIpc) is 3.34. The van der Waals surface area contributed by atoms with Gasteiger partial charge in [0.05, 0.1) is 17.9 Å². The molecule has 0 spiro atoms. The van der Waals surface area contributed by atoms with E-state index in [1.165, 1.54) is 19.8 Å². The number of anilines is 2. The molecule has 50 heavy (non-hydrogen) atoms. The number of carbonyl (C=O) groups excluding carboxylic acids is 1. The Labute approximate surface area is 306 Å². The fraction of sp³-hybridized carbons (Fsp3) is 0.536. The molecule has 3 heterocycles. The minimum absolute atomic E-state index is 0.0412. The van der Waals surface area contributed by atoms with E-state index in [4.69, 9.17) is 38.9 Å². The molecule has 0 bridgehead atoms. The van der Waals surface area contributed by atoms with Crippen molar-refractivity contribution in [3.05, 3.63) is 42.7 Å². The van der Waals surface area contributed by atoms with Crippen LogP contribution in [0.5, 0.6) is 0 Å². The van der Waals surface area contributed by atoms with E-state index >= 15 is 0 Å². The van der Waals surface area contributed by atoms with E-state index < -0.39 is 31.2 Å². The smallest absolute Gasteiger partial charge is 0.325 e. The number of ether oxygens (including phenoxy) is 1. The number of carboxylic acid groups (broad SMARTS) is 1. The van der Waals surface area contributed by atoms with Gasteiger partial charge in [-0.25, -0.2) is 14.1 Å². The Hall–Kier alpha value is -3.06. The number of rotatable bonds is 12. The number of nitrogens with one attached hydrogen (secondary N) is 2. The first-order chi connectivity index (χ1) is 23.4. The molecule has 0 amide bonds. The average molecular weight is 801 g/mol. The highest BCUT2D eigenvalue weighted by Gasteiger charge is 2.17. The van der Waals surface area contributed by atoms with E-state index in [1.54, 1.807) is 9.36 Å². The third-order valence-corrected chi connectivity index (χ3v) is 9.80. The Bertz CT molecular complexity index is 1790. The van der Waals surface area contributed by atoms with Gasteiger partial charge in [0.15, 0.2) is 7.37 Å². The lowest BCUT2D eigenvalue weighted by Gasteiger charge is -2.15. The van der Waals surface area contributed by atoms with Crippen molar-refractivity contribution in [3.63, 3.8) is 0 Å². The lowest BCUT2D eigenvalue weighted by molar-refractivity contribution is -0.139. The molecule has 0 fully saturated rings. The zero-order valence-corrected chi connectivity index (χ0v) is 32.1. The van der Waals surface area contributed by atoms with Gasteiger partial charge in [-0.3, -0.25) is 23.6 Å². The zero-order chi connectivity index (χ0) is 37.6. The lowest BCUT2D eigenvalue weighted by atomic mass is 10.2. The topological polar surface area (TPSA) is 229 Å². The van der Waals surface area contributed by atoms with Gasteiger partial charge in [0.2, 0.25) is 22.0 Å². The monoisotopic (exact) mass is 799 g/mol. The second-order valence-corrected chi connectivity index (χ2v) is 16.1. The van der Waals surface area contributed by atoms with Crippen LogP contribution < -0.4 is 26.0 Å². The molecule has 0 saturated heterocycles. The van der Waals surface area contributed by atoms with Gasteiger partial charge in [0.1, 0.15) is 17.5 Å². The van der Waals surface area contributed by atoms with Gasteiger partial charge in [-0.05, 0) is 75.1 Å². The number of esters is 1. The Kier molecular flexibility index (Phi) is 17.9. The summed E-state index contributed by atoms with van der Waals surface area (Å²) in [6.07, 6.45) is 1.90. The number of methoxy groups -OCH3 is 1. The Balaban J connectivity index is 0.000000293. The predicted molar refractivity (Wildman–Crippen MR) is 194 cm³/mol. The van der Waals surface area contributed by atoms with Crippen LogP contribution in [0.15, 0.2) is 26.8 Å². The van der Waals surface area contributed by atoms with Crippen LogP contribution in [0, 0.1) is 5.82 Å². The molecule has 278 valence electrons. The number of halogens is 3. The highest BCUT2D eigenvalue weighted by molar-refractivity contribution is 8.00. The molecule has 2 atom stereocenters. The maximum absolute atomic E-state index is 14.3. The van der Waals surface area contributed by atoms with Crippen LogP contribution in [0.4, 0.5) is 22.0 Å². The van der Waals surface area contributed by atoms with Crippen molar-refractivity contribution in [1.29, 1.82) is 0 Å². The van der Waals surface area contributed by atoms with Gasteiger partial charge < -0.3 is 31.1 Å². The largest absolute Gasteiger partial charge is 0.480 e. The number of hydrogen-bond donors (Lipinski definition) is 5. The molecule has 2 unspecified atom stereocenters. The number of nitrogens with zero attached hydrogens (tertiary/aromatic N) is 6. The van der Waals surface area contributed by atoms with Crippen LogP contribution in [0.3, 0.4) is 0 Å². The number of fused-ring (bicyclic) bond motifs is 1. The number of aromatic nitrogens is 5. The van der Waals surface area contributed by atoms with Gasteiger partial charge in [-0.2, -0.15) is 15.0 Å². The Morgan fingerprint density at radius 1 is 1.20 bits per heavy atom. The summed E-state index contributed by atoms with van der Waals surface area (Å²) in [5.41, 5.74) is 5.17. The second kappa shape index (κ2) is 20.7. The summed E-state index contributed by atoms with van der Waals surface area (Å²) in [5.74, 6) is -1.07. The van der Waals surface area contributed by atoms with E-state index in [0.717, 1.165) is 48.6 Å². The molecule has 1 aliphatic heterocycles. The molecule has 1 aromatic carbocycles. The van der Waals surface area contributed by atoms with E-state index in [1.807, 2.05) is 20.8 Å². The number of benzene rings is 1. The van der Waals surface area contributed by atoms with Crippen molar-refractivity contribution in [2.24, 2.45) is 10.7 Å². The molecule has 0 saturated carbocycles. The highest BCUT2D eigenvalue weighted by Crippen LogP contribution is 2.36. The molecule has 1 aliphatic rings. The summed E-state index contributed by atoms with van der Waals surface area (Å²) in [4.78, 5) is 59.4. The van der Waals surface area contributed by atoms with Gasteiger partial charge in [-0.15, -0.1) is 11.8 Å². The second-order valence-electron chi connectivity index (χ2n) is 10.9. The Morgan fingerprint density at radius 2 is 1.84 bits per heavy atom. The summed E-state index contributed by atoms with van der Waals surface area (Å²) in [6.45, 7) is 9.23. The van der Waals surface area contributed by atoms with Crippen LogP contribution in [-0.2, 0) is 32.0 Å². The quantitative estimate of drug-likeness (QED) is 0.0980. The SMILES string of the molecule is CCNc1nc(Cl)nc(NC(C)C)n1.COC(=O)CSc1cc(N=c2sc(=O)n3n2CCCC3)c(F)cc1Cl.CP(=O)(O)CCC(N)C(=O)O. The van der Waals surface area contributed by atoms with Gasteiger partial charge >= 0.3 is 16.8 Å². The maximum atomic E-state index is 14.3. The van der Waals surface area contributed by atoms with Crippen molar-refractivity contribution >= 4 is 83.2 Å². The normalized spacial score (nSPS) is 14.3. The Morgan fingerprint density at radius 3 is 2.42 bits per heavy atom. The molecular formula is C28H41Cl2FN9O7PS2. The van der Waals surface area contributed by atoms with Crippen LogP contribution in [0.1, 0.15) is 40.0 Å². The first kappa shape index (κ1) is 43.1. The van der Waals surface area contributed by atoms with Crippen LogP contribution in [0.25, 0.3) is 0 Å². The van der Waals surface area contributed by atoms with Gasteiger partial charge in [-0.1, -0.05) is 11.6 Å². The van der Waals surface area contributed by atoms with Crippen molar-refractivity contribution in [2.45, 2.75) is 70.1 Å². The first-order valence-corrected chi connectivity index (χ1v) is 20.0. The first-order valence-electron chi connectivity index (χ1n) is 15.2. The van der Waals surface area contributed by atoms with Crippen molar-refractivity contribution in [3.8, 4) is 0 Å². The highest BCUT2D eigenvalue weighted by atomic mass is 35.5. The number of aliphatic carboxylic acids is 1. The third kappa shape index (κ3) is 15.0. The zero-order valence-electron chi connectivity index (χ0n) is 28.1. The van der Waals surface area contributed by atoms with E-state index in [9.17, 15) is 23.3 Å². The lowest BCUT2D eigenvalue weighted by Crippen LogP contribution is -2.31. The number of carbonyl (C=O) groups is 2. The molecule has 3 aromatic rings. The molecule has 22 heteroatoms. The maximum Gasteiger partial charge on any atom is 0.325 e. The van der Waals surface area contributed by atoms with Crippen LogP contribution >= 0.6 is 53.7 Å². The van der Waals surface area contributed by atoms with Crippen molar-refractivity contribution < 1.29 is 33.3 Å².